The minimum atomic E-state index is 0. The van der Waals surface area contributed by atoms with Gasteiger partial charge in [0, 0.05) is 0 Å². The largest absolute Gasteiger partial charge is 0.0776 e. The average molecular weight is 940 g/mol. The maximum absolute atomic E-state index is 1.58. The first-order chi connectivity index (χ1) is 33.1. The summed E-state index contributed by atoms with van der Waals surface area (Å²) in [5.41, 5.74) is 0. The van der Waals surface area contributed by atoms with Crippen molar-refractivity contribution in [1.82, 2.24) is 0 Å². The lowest BCUT2D eigenvalue weighted by Gasteiger charge is -2.35. The Morgan fingerprint density at radius 3 is 0.426 bits per heavy atom. The molecule has 0 aromatic carbocycles. The van der Waals surface area contributed by atoms with Gasteiger partial charge in [-0.2, -0.15) is 0 Å². The molecular weight excluding hydrogens is 817 g/mol. The maximum Gasteiger partial charge on any atom is -0.0409 e. The molecule has 68 heavy (non-hydrogen) atoms. The van der Waals surface area contributed by atoms with E-state index in [0.717, 1.165) is 71.0 Å². The van der Waals surface area contributed by atoms with Crippen molar-refractivity contribution in [3.8, 4) is 0 Å². The van der Waals surface area contributed by atoms with Crippen LogP contribution in [0.5, 0.6) is 0 Å². The van der Waals surface area contributed by atoms with Crippen molar-refractivity contribution in [2.24, 2.45) is 94.7 Å². The molecule has 4 atom stereocenters. The zero-order chi connectivity index (χ0) is 45.3. The molecule has 0 radical (unpaired) electrons. The van der Waals surface area contributed by atoms with Gasteiger partial charge in [-0.05, 0) is 133 Å². The molecule has 0 aromatic heterocycles. The molecular formula is C68H122. The zero-order valence-corrected chi connectivity index (χ0v) is 45.3. The van der Waals surface area contributed by atoms with Crippen molar-refractivity contribution in [1.29, 1.82) is 0 Å². The first-order valence-electron chi connectivity index (χ1n) is 33.1. The summed E-state index contributed by atoms with van der Waals surface area (Å²) < 4.78 is 0. The fraction of sp³-hybridized carbons (Fsp3) is 1.00. The lowest BCUT2D eigenvalue weighted by Crippen LogP contribution is -2.21. The molecule has 0 heterocycles. The lowest BCUT2D eigenvalue weighted by molar-refractivity contribution is 0.176. The second-order valence-corrected chi connectivity index (χ2v) is 28.8. The molecule has 394 valence electrons. The van der Waals surface area contributed by atoms with Gasteiger partial charge < -0.3 is 0 Å². The molecule has 0 spiro atoms. The van der Waals surface area contributed by atoms with Crippen molar-refractivity contribution in [3.63, 3.8) is 0 Å². The Morgan fingerprint density at radius 1 is 0.103 bits per heavy atom. The van der Waals surface area contributed by atoms with Gasteiger partial charge in [-0.25, -0.2) is 0 Å². The van der Waals surface area contributed by atoms with Gasteiger partial charge in [0.25, 0.3) is 0 Å². The molecule has 16 bridgehead atoms. The summed E-state index contributed by atoms with van der Waals surface area (Å²) >= 11 is 0. The van der Waals surface area contributed by atoms with Gasteiger partial charge in [0.1, 0.15) is 0 Å². The molecule has 0 heteroatoms. The predicted molar refractivity (Wildman–Crippen MR) is 298 cm³/mol. The molecule has 4 unspecified atom stereocenters. The van der Waals surface area contributed by atoms with Crippen LogP contribution in [-0.2, 0) is 0 Å². The Balaban J connectivity index is 0.000000105. The van der Waals surface area contributed by atoms with Gasteiger partial charge in [-0.3, -0.25) is 0 Å². The topological polar surface area (TPSA) is 0 Å². The van der Waals surface area contributed by atoms with E-state index >= 15 is 0 Å². The smallest absolute Gasteiger partial charge is 0.0409 e. The van der Waals surface area contributed by atoms with Crippen LogP contribution in [0.4, 0.5) is 0 Å². The molecule has 0 N–H and O–H groups in total. The predicted octanol–water partition coefficient (Wildman–Crippen LogP) is 22.5. The van der Waals surface area contributed by atoms with Crippen molar-refractivity contribution in [3.05, 3.63) is 0 Å². The third-order valence-corrected chi connectivity index (χ3v) is 23.9. The fourth-order valence-corrected chi connectivity index (χ4v) is 19.3. The summed E-state index contributed by atoms with van der Waals surface area (Å²) in [4.78, 5) is 0. The first kappa shape index (κ1) is 54.3. The summed E-state index contributed by atoms with van der Waals surface area (Å²) in [6, 6.07) is 0. The Bertz CT molecular complexity index is 1140. The summed E-state index contributed by atoms with van der Waals surface area (Å²) in [5.74, 6) is 18.5. The Morgan fingerprint density at radius 2 is 0.221 bits per heavy atom. The van der Waals surface area contributed by atoms with E-state index in [1.165, 1.54) is 81.5 Å². The van der Waals surface area contributed by atoms with Crippen LogP contribution >= 0.6 is 0 Å². The van der Waals surface area contributed by atoms with Gasteiger partial charge >= 0.3 is 0 Å². The molecule has 19 saturated carbocycles. The van der Waals surface area contributed by atoms with Crippen LogP contribution in [0, 0.1) is 94.7 Å². The van der Waals surface area contributed by atoms with E-state index in [0.29, 0.717) is 0 Å². The second-order valence-electron chi connectivity index (χ2n) is 28.8. The number of rotatable bonds is 0. The van der Waals surface area contributed by atoms with E-state index in [4.69, 9.17) is 0 Å². The van der Waals surface area contributed by atoms with Crippen molar-refractivity contribution in [2.45, 2.75) is 335 Å². The van der Waals surface area contributed by atoms with Crippen molar-refractivity contribution < 1.29 is 0 Å². The van der Waals surface area contributed by atoms with Crippen LogP contribution in [0.1, 0.15) is 335 Å². The molecule has 19 aliphatic carbocycles. The maximum atomic E-state index is 1.58. The van der Waals surface area contributed by atoms with E-state index in [1.807, 2.05) is 0 Å². The normalized spacial score (nSPS) is 43.4. The Hall–Kier alpha value is 0. The minimum absolute atomic E-state index is 0. The van der Waals surface area contributed by atoms with Gasteiger partial charge in [0.15, 0.2) is 0 Å². The van der Waals surface area contributed by atoms with Crippen LogP contribution in [0.25, 0.3) is 0 Å². The quantitative estimate of drug-likeness (QED) is 0.227. The third-order valence-electron chi connectivity index (χ3n) is 23.9. The van der Waals surface area contributed by atoms with Crippen LogP contribution in [-0.4, -0.2) is 0 Å². The molecule has 0 nitrogen and oxygen atoms in total. The first-order valence-corrected chi connectivity index (χ1v) is 33.1. The average Bonchev–Trinajstić information content (AvgIpc) is 4.15. The van der Waals surface area contributed by atoms with Gasteiger partial charge in [0.05, 0.1) is 0 Å². The standard InChI is InChI=1S/2C10H18.2C9H16.2C8H14.C7H12.C6H10.CH4/c1-3-9-5-2-6-10(4-1)8-7-9;1-2-5-10-7-3-6-9(4-1)8-10;1-3-8-5-2-6-9(4-1)7-8;1-2-8-4-6-9(3-1)7-5-8;1-2-8-5-3-7(1)4-6-8;1-2-7-4-5-8(3-1)6-7;1-2-7-4-3-6(1)5-7;1-2-6-3-5(1)4-6;/h2*9-10H,1-8H2;2*8-9H,1-7H2;2*7-8H,1-6H2;6-7H,1-5H2;5-6H,1-4H2;1H4. The molecule has 19 rings (SSSR count). The highest BCUT2D eigenvalue weighted by atomic mass is 14.4. The van der Waals surface area contributed by atoms with E-state index in [9.17, 15) is 0 Å². The second kappa shape index (κ2) is 29.8. The summed E-state index contributed by atoms with van der Waals surface area (Å²) in [7, 11) is 0. The van der Waals surface area contributed by atoms with E-state index in [-0.39, 0.29) is 7.43 Å². The Labute approximate surface area is 427 Å². The summed E-state index contributed by atoms with van der Waals surface area (Å²) in [6.45, 7) is 0. The van der Waals surface area contributed by atoms with E-state index < -0.39 is 0 Å². The van der Waals surface area contributed by atoms with Crippen LogP contribution in [0.2, 0.25) is 0 Å². The van der Waals surface area contributed by atoms with E-state index in [2.05, 4.69) is 0 Å². The highest BCUT2D eigenvalue weighted by Gasteiger charge is 2.36. The number of fused-ring (bicyclic) bond motifs is 19. The SMILES string of the molecule is C.C1CC2CC1C2.C1CC2CCC(C1)C2.C1CC2CCC(C1)CC2.C1CC2CCC1C2.C1CC2CCC1CC2.C1CC2CCCC(C1)C2.C1CC2CCCC(C1)CC2.C1CCC2CCCC(C1)C2. The van der Waals surface area contributed by atoms with E-state index in [1.54, 1.807) is 270 Å². The van der Waals surface area contributed by atoms with Gasteiger partial charge in [-0.15, -0.1) is 0 Å². The van der Waals surface area contributed by atoms with Crippen LogP contribution < -0.4 is 0 Å². The van der Waals surface area contributed by atoms with Crippen LogP contribution in [0.3, 0.4) is 0 Å². The highest BCUT2D eigenvalue weighted by Crippen LogP contribution is 2.48. The lowest BCUT2D eigenvalue weighted by atomic mass is 9.71. The molecule has 0 aliphatic heterocycles. The van der Waals surface area contributed by atoms with Crippen molar-refractivity contribution >= 4 is 0 Å². The number of hydrogen-bond acceptors (Lipinski definition) is 0. The zero-order valence-electron chi connectivity index (χ0n) is 45.3. The summed E-state index contributed by atoms with van der Waals surface area (Å²) in [5, 5.41) is 0. The number of hydrogen-bond donors (Lipinski definition) is 0. The third kappa shape index (κ3) is 18.4. The highest BCUT2D eigenvalue weighted by molar-refractivity contribution is 4.87. The minimum Gasteiger partial charge on any atom is -0.0776 e. The molecule has 19 aliphatic rings. The fourth-order valence-electron chi connectivity index (χ4n) is 19.3. The molecule has 0 aromatic rings. The Kier molecular flexibility index (Phi) is 23.8. The van der Waals surface area contributed by atoms with Gasteiger partial charge in [0.2, 0.25) is 0 Å². The summed E-state index contributed by atoms with van der Waals surface area (Å²) in [6.07, 6.45) is 79.4. The molecule has 0 saturated heterocycles. The monoisotopic (exact) mass is 939 g/mol. The molecule has 19 fully saturated rings. The van der Waals surface area contributed by atoms with Crippen LogP contribution in [0.15, 0.2) is 0 Å². The van der Waals surface area contributed by atoms with Gasteiger partial charge in [-0.1, -0.05) is 296 Å². The molecule has 0 amide bonds. The van der Waals surface area contributed by atoms with Crippen molar-refractivity contribution in [2.75, 3.05) is 0 Å².